The molecule has 4 aromatic carbocycles. The number of allylic oxidation sites excluding steroid dienone is 1. The lowest BCUT2D eigenvalue weighted by Gasteiger charge is -2.09. The Kier molecular flexibility index (Phi) is 4.08. The smallest absolute Gasteiger partial charge is 0.171 e. The molecule has 132 valence electrons. The molecule has 0 aliphatic heterocycles. The lowest BCUT2D eigenvalue weighted by atomic mass is 9.96. The lowest BCUT2D eigenvalue weighted by molar-refractivity contribution is 1.09. The van der Waals surface area contributed by atoms with E-state index in [4.69, 9.17) is 0 Å². The van der Waals surface area contributed by atoms with Crippen molar-refractivity contribution in [2.75, 3.05) is 0 Å². The summed E-state index contributed by atoms with van der Waals surface area (Å²) in [6.07, 6.45) is 1.97. The van der Waals surface area contributed by atoms with Gasteiger partial charge in [0.15, 0.2) is 5.16 Å². The lowest BCUT2D eigenvalue weighted by Crippen LogP contribution is -1.85. The van der Waals surface area contributed by atoms with E-state index in [1.54, 1.807) is 0 Å². The second-order valence-electron chi connectivity index (χ2n) is 6.51. The fourth-order valence-electron chi connectivity index (χ4n) is 3.50. The number of benzene rings is 4. The first-order chi connectivity index (χ1) is 13.8. The summed E-state index contributed by atoms with van der Waals surface area (Å²) in [4.78, 5) is 8.46. The third kappa shape index (κ3) is 2.92. The topological polar surface area (TPSA) is 52.5 Å². The number of thioether (sulfide) groups is 1. The van der Waals surface area contributed by atoms with Gasteiger partial charge in [0.25, 0.3) is 0 Å². The molecule has 0 spiro atoms. The second-order valence-corrected chi connectivity index (χ2v) is 7.54. The number of nitrogens with zero attached hydrogens (tertiary/aromatic N) is 2. The molecule has 0 bridgehead atoms. The number of para-hydroxylation sites is 2. The van der Waals surface area contributed by atoms with E-state index in [1.165, 1.54) is 22.5 Å². The van der Waals surface area contributed by atoms with Crippen molar-refractivity contribution in [3.8, 4) is 6.07 Å². The molecule has 0 fully saturated rings. The maximum atomic E-state index is 9.79. The van der Waals surface area contributed by atoms with Crippen molar-refractivity contribution < 1.29 is 0 Å². The summed E-state index contributed by atoms with van der Waals surface area (Å²) in [6.45, 7) is 0. The molecule has 0 amide bonds. The molecular formula is C24H15N3S. The summed E-state index contributed by atoms with van der Waals surface area (Å²) in [7, 11) is 0. The number of aromatic nitrogens is 2. The SMILES string of the molecule is N#C/C(=C\c1c2ccccc2cc2ccccc12)Sc1nc2ccccc2[nH]1. The van der Waals surface area contributed by atoms with E-state index in [-0.39, 0.29) is 0 Å². The Balaban J connectivity index is 1.66. The molecule has 1 heterocycles. The van der Waals surface area contributed by atoms with E-state index >= 15 is 0 Å². The monoisotopic (exact) mass is 377 g/mol. The minimum absolute atomic E-state index is 0.598. The predicted molar refractivity (Wildman–Crippen MR) is 117 cm³/mol. The summed E-state index contributed by atoms with van der Waals surface area (Å²) in [6, 6.07) is 29.0. The summed E-state index contributed by atoms with van der Waals surface area (Å²) < 4.78 is 0. The van der Waals surface area contributed by atoms with Crippen LogP contribution in [0.4, 0.5) is 0 Å². The van der Waals surface area contributed by atoms with Gasteiger partial charge in [0, 0.05) is 0 Å². The average molecular weight is 377 g/mol. The zero-order valence-electron chi connectivity index (χ0n) is 14.9. The van der Waals surface area contributed by atoms with E-state index in [0.29, 0.717) is 4.91 Å². The number of rotatable bonds is 3. The van der Waals surface area contributed by atoms with Crippen LogP contribution in [0.1, 0.15) is 5.56 Å². The van der Waals surface area contributed by atoms with Crippen molar-refractivity contribution in [1.82, 2.24) is 9.97 Å². The van der Waals surface area contributed by atoms with Gasteiger partial charge < -0.3 is 4.98 Å². The number of aromatic amines is 1. The van der Waals surface area contributed by atoms with Gasteiger partial charge in [-0.05, 0) is 63.1 Å². The predicted octanol–water partition coefficient (Wildman–Crippen LogP) is 6.53. The van der Waals surface area contributed by atoms with Crippen LogP contribution in [0.2, 0.25) is 0 Å². The van der Waals surface area contributed by atoms with Gasteiger partial charge in [-0.2, -0.15) is 5.26 Å². The highest BCUT2D eigenvalue weighted by Gasteiger charge is 2.10. The molecule has 0 aliphatic carbocycles. The molecule has 1 N–H and O–H groups in total. The van der Waals surface area contributed by atoms with E-state index < -0.39 is 0 Å². The molecule has 5 aromatic rings. The van der Waals surface area contributed by atoms with Gasteiger partial charge in [0.2, 0.25) is 0 Å². The number of nitriles is 1. The minimum atomic E-state index is 0.598. The van der Waals surface area contributed by atoms with Gasteiger partial charge in [-0.1, -0.05) is 60.7 Å². The van der Waals surface area contributed by atoms with Gasteiger partial charge in [-0.3, -0.25) is 0 Å². The summed E-state index contributed by atoms with van der Waals surface area (Å²) in [5, 5.41) is 15.1. The Morgan fingerprint density at radius 2 is 1.54 bits per heavy atom. The van der Waals surface area contributed by atoms with E-state index in [9.17, 15) is 5.26 Å². The van der Waals surface area contributed by atoms with Crippen LogP contribution in [-0.2, 0) is 0 Å². The van der Waals surface area contributed by atoms with Crippen LogP contribution in [0.15, 0.2) is 88.9 Å². The van der Waals surface area contributed by atoms with Crippen molar-refractivity contribution in [2.45, 2.75) is 5.16 Å². The van der Waals surface area contributed by atoms with Gasteiger partial charge in [0.05, 0.1) is 15.9 Å². The third-order valence-corrected chi connectivity index (χ3v) is 5.59. The van der Waals surface area contributed by atoms with Crippen molar-refractivity contribution in [3.63, 3.8) is 0 Å². The number of nitrogens with one attached hydrogen (secondary N) is 1. The molecule has 0 saturated carbocycles. The third-order valence-electron chi connectivity index (χ3n) is 4.77. The molecule has 5 rings (SSSR count). The minimum Gasteiger partial charge on any atom is -0.333 e. The van der Waals surface area contributed by atoms with Crippen LogP contribution in [0, 0.1) is 11.3 Å². The van der Waals surface area contributed by atoms with Crippen LogP contribution >= 0.6 is 11.8 Å². The first-order valence-electron chi connectivity index (χ1n) is 8.97. The molecule has 0 aliphatic rings. The quantitative estimate of drug-likeness (QED) is 0.221. The van der Waals surface area contributed by atoms with Crippen LogP contribution in [0.5, 0.6) is 0 Å². The molecule has 0 atom stereocenters. The maximum absolute atomic E-state index is 9.79. The molecule has 0 radical (unpaired) electrons. The molecule has 3 nitrogen and oxygen atoms in total. The fourth-order valence-corrected chi connectivity index (χ4v) is 4.24. The number of hydrogen-bond donors (Lipinski definition) is 1. The van der Waals surface area contributed by atoms with Gasteiger partial charge >= 0.3 is 0 Å². The van der Waals surface area contributed by atoms with Crippen LogP contribution in [0.3, 0.4) is 0 Å². The van der Waals surface area contributed by atoms with Crippen LogP contribution in [-0.4, -0.2) is 9.97 Å². The number of H-pyrrole nitrogens is 1. The largest absolute Gasteiger partial charge is 0.333 e. The first kappa shape index (κ1) is 16.6. The first-order valence-corrected chi connectivity index (χ1v) is 9.78. The number of imidazole rings is 1. The number of fused-ring (bicyclic) bond motifs is 3. The molecule has 4 heteroatoms. The standard InChI is InChI=1S/C24H15N3S/c25-15-18(28-24-26-22-11-5-6-12-23(22)27-24)14-21-19-9-3-1-7-16(19)13-17-8-2-4-10-20(17)21/h1-14H,(H,26,27)/b18-14+. The Hall–Kier alpha value is -3.55. The Morgan fingerprint density at radius 3 is 2.21 bits per heavy atom. The highest BCUT2D eigenvalue weighted by molar-refractivity contribution is 8.03. The van der Waals surface area contributed by atoms with Gasteiger partial charge in [-0.25, -0.2) is 4.98 Å². The summed E-state index contributed by atoms with van der Waals surface area (Å²) in [5.41, 5.74) is 2.93. The van der Waals surface area contributed by atoms with Crippen molar-refractivity contribution in [2.24, 2.45) is 0 Å². The highest BCUT2D eigenvalue weighted by atomic mass is 32.2. The molecule has 1 aromatic heterocycles. The average Bonchev–Trinajstić information content (AvgIpc) is 3.15. The summed E-state index contributed by atoms with van der Waals surface area (Å²) >= 11 is 1.36. The van der Waals surface area contributed by atoms with Crippen molar-refractivity contribution >= 4 is 50.4 Å². The molecular weight excluding hydrogens is 362 g/mol. The zero-order chi connectivity index (χ0) is 18.9. The van der Waals surface area contributed by atoms with Crippen molar-refractivity contribution in [3.05, 3.63) is 89.3 Å². The molecule has 28 heavy (non-hydrogen) atoms. The number of hydrogen-bond acceptors (Lipinski definition) is 3. The zero-order valence-corrected chi connectivity index (χ0v) is 15.7. The molecule has 0 unspecified atom stereocenters. The normalized spacial score (nSPS) is 11.9. The highest BCUT2D eigenvalue weighted by Crippen LogP contribution is 2.33. The van der Waals surface area contributed by atoms with Crippen LogP contribution in [0.25, 0.3) is 38.7 Å². The second kappa shape index (κ2) is 6.88. The van der Waals surface area contributed by atoms with Gasteiger partial charge in [-0.15, -0.1) is 0 Å². The Labute approximate surface area is 166 Å². The summed E-state index contributed by atoms with van der Waals surface area (Å²) in [5.74, 6) is 0. The fraction of sp³-hybridized carbons (Fsp3) is 0. The van der Waals surface area contributed by atoms with E-state index in [2.05, 4.69) is 46.4 Å². The van der Waals surface area contributed by atoms with Crippen LogP contribution < -0.4 is 0 Å². The maximum Gasteiger partial charge on any atom is 0.171 e. The molecule has 0 saturated heterocycles. The van der Waals surface area contributed by atoms with Crippen molar-refractivity contribution in [1.29, 1.82) is 5.26 Å². The Morgan fingerprint density at radius 1 is 0.893 bits per heavy atom. The Bertz CT molecular complexity index is 1320. The van der Waals surface area contributed by atoms with E-state index in [1.807, 2.05) is 54.6 Å². The van der Waals surface area contributed by atoms with Gasteiger partial charge in [0.1, 0.15) is 6.07 Å². The van der Waals surface area contributed by atoms with E-state index in [0.717, 1.165) is 32.5 Å².